The lowest BCUT2D eigenvalue weighted by Crippen LogP contribution is -2.47. The van der Waals surface area contributed by atoms with Crippen LogP contribution < -0.4 is 5.32 Å². The number of likely N-dealkylation sites (tertiary alicyclic amines) is 1. The average Bonchev–Trinajstić information content (AvgIpc) is 2.70. The highest BCUT2D eigenvalue weighted by Gasteiger charge is 2.26. The van der Waals surface area contributed by atoms with Gasteiger partial charge in [-0.25, -0.2) is 13.6 Å². The maximum Gasteiger partial charge on any atom is 0.321 e. The molecule has 2 aromatic carbocycles. The monoisotopic (exact) mass is 387 g/mol. The first-order valence-corrected chi connectivity index (χ1v) is 9.20. The summed E-state index contributed by atoms with van der Waals surface area (Å²) < 4.78 is 27.3. The van der Waals surface area contributed by atoms with Crippen molar-refractivity contribution in [1.29, 1.82) is 0 Å². The number of urea groups is 1. The van der Waals surface area contributed by atoms with Crippen LogP contribution in [0.25, 0.3) is 11.1 Å². The largest absolute Gasteiger partial charge is 0.343 e. The quantitative estimate of drug-likeness (QED) is 0.862. The molecule has 0 spiro atoms. The minimum atomic E-state index is -0.508. The fourth-order valence-electron chi connectivity index (χ4n) is 3.40. The number of carbonyl (C=O) groups excluding carboxylic acids is 2. The maximum atomic E-state index is 13.9. The normalized spacial score (nSPS) is 14.6. The minimum Gasteiger partial charge on any atom is -0.343 e. The van der Waals surface area contributed by atoms with Crippen LogP contribution in [0.1, 0.15) is 19.8 Å². The van der Waals surface area contributed by atoms with Crippen molar-refractivity contribution in [1.82, 2.24) is 9.80 Å². The highest BCUT2D eigenvalue weighted by molar-refractivity contribution is 5.89. The van der Waals surface area contributed by atoms with Crippen molar-refractivity contribution in [2.45, 2.75) is 25.8 Å². The SMILES string of the molecule is CC(=O)N1CCC(N(C)C(=O)Nc2ccc(-c3cc(F)ccc3F)cc2)CC1. The second-order valence-electron chi connectivity index (χ2n) is 6.98. The zero-order chi connectivity index (χ0) is 20.3. The topological polar surface area (TPSA) is 52.7 Å². The van der Waals surface area contributed by atoms with Gasteiger partial charge in [0.2, 0.25) is 5.91 Å². The lowest BCUT2D eigenvalue weighted by atomic mass is 10.0. The van der Waals surface area contributed by atoms with Gasteiger partial charge in [0, 0.05) is 44.4 Å². The molecule has 0 atom stereocenters. The van der Waals surface area contributed by atoms with E-state index >= 15 is 0 Å². The molecule has 1 fully saturated rings. The van der Waals surface area contributed by atoms with Gasteiger partial charge in [-0.2, -0.15) is 0 Å². The zero-order valence-corrected chi connectivity index (χ0v) is 15.9. The lowest BCUT2D eigenvalue weighted by Gasteiger charge is -2.36. The fourth-order valence-corrected chi connectivity index (χ4v) is 3.40. The van der Waals surface area contributed by atoms with E-state index in [-0.39, 0.29) is 23.5 Å². The van der Waals surface area contributed by atoms with Gasteiger partial charge in [-0.3, -0.25) is 4.79 Å². The smallest absolute Gasteiger partial charge is 0.321 e. The van der Waals surface area contributed by atoms with Crippen LogP contribution in [-0.2, 0) is 4.79 Å². The number of rotatable bonds is 3. The van der Waals surface area contributed by atoms with Crippen molar-refractivity contribution in [2.75, 3.05) is 25.5 Å². The molecule has 2 aromatic rings. The Morgan fingerprint density at radius 3 is 2.32 bits per heavy atom. The molecule has 0 radical (unpaired) electrons. The van der Waals surface area contributed by atoms with E-state index in [1.54, 1.807) is 48.0 Å². The van der Waals surface area contributed by atoms with E-state index in [0.717, 1.165) is 31.0 Å². The van der Waals surface area contributed by atoms with Crippen molar-refractivity contribution >= 4 is 17.6 Å². The van der Waals surface area contributed by atoms with Gasteiger partial charge in [-0.15, -0.1) is 0 Å². The van der Waals surface area contributed by atoms with Gasteiger partial charge in [-0.05, 0) is 48.7 Å². The number of benzene rings is 2. The molecule has 3 amide bonds. The van der Waals surface area contributed by atoms with Crippen molar-refractivity contribution in [3.63, 3.8) is 0 Å². The summed E-state index contributed by atoms with van der Waals surface area (Å²) in [6.07, 6.45) is 1.47. The highest BCUT2D eigenvalue weighted by atomic mass is 19.1. The number of nitrogens with one attached hydrogen (secondary N) is 1. The molecule has 1 aliphatic heterocycles. The van der Waals surface area contributed by atoms with Gasteiger partial charge in [0.1, 0.15) is 11.6 Å². The molecule has 1 heterocycles. The molecule has 1 N–H and O–H groups in total. The molecule has 7 heteroatoms. The van der Waals surface area contributed by atoms with Gasteiger partial charge in [0.05, 0.1) is 0 Å². The van der Waals surface area contributed by atoms with Crippen molar-refractivity contribution < 1.29 is 18.4 Å². The first kappa shape index (κ1) is 19.8. The zero-order valence-electron chi connectivity index (χ0n) is 15.9. The summed E-state index contributed by atoms with van der Waals surface area (Å²) in [4.78, 5) is 27.3. The molecule has 5 nitrogen and oxygen atoms in total. The molecule has 148 valence electrons. The number of amides is 3. The summed E-state index contributed by atoms with van der Waals surface area (Å²) in [5, 5.41) is 2.82. The molecule has 0 bridgehead atoms. The van der Waals surface area contributed by atoms with Gasteiger partial charge in [0.15, 0.2) is 0 Å². The number of nitrogens with zero attached hydrogens (tertiary/aromatic N) is 2. The second-order valence-corrected chi connectivity index (χ2v) is 6.98. The number of piperidine rings is 1. The Morgan fingerprint density at radius 2 is 1.71 bits per heavy atom. The minimum absolute atomic E-state index is 0.0559. The predicted octanol–water partition coefficient (Wildman–Crippen LogP) is 4.11. The molecule has 1 aliphatic rings. The van der Waals surface area contributed by atoms with Gasteiger partial charge in [0.25, 0.3) is 0 Å². The third-order valence-corrected chi connectivity index (χ3v) is 5.15. The van der Waals surface area contributed by atoms with Crippen LogP contribution in [0.15, 0.2) is 42.5 Å². The molecule has 1 saturated heterocycles. The fraction of sp³-hybridized carbons (Fsp3) is 0.333. The van der Waals surface area contributed by atoms with E-state index in [2.05, 4.69) is 5.32 Å². The van der Waals surface area contributed by atoms with E-state index in [1.165, 1.54) is 0 Å². The Bertz CT molecular complexity index is 862. The van der Waals surface area contributed by atoms with Crippen LogP contribution >= 0.6 is 0 Å². The van der Waals surface area contributed by atoms with Crippen molar-refractivity contribution in [3.05, 3.63) is 54.1 Å². The molecular formula is C21H23F2N3O2. The Balaban J connectivity index is 1.61. The van der Waals surface area contributed by atoms with E-state index < -0.39 is 11.6 Å². The number of halogens is 2. The van der Waals surface area contributed by atoms with Gasteiger partial charge < -0.3 is 15.1 Å². The van der Waals surface area contributed by atoms with Crippen LogP contribution in [0.4, 0.5) is 19.3 Å². The number of anilines is 1. The van der Waals surface area contributed by atoms with Crippen LogP contribution in [-0.4, -0.2) is 47.9 Å². The Morgan fingerprint density at radius 1 is 1.07 bits per heavy atom. The summed E-state index contributed by atoms with van der Waals surface area (Å²) in [6.45, 7) is 2.84. The van der Waals surface area contributed by atoms with Crippen LogP contribution in [0.5, 0.6) is 0 Å². The number of carbonyl (C=O) groups is 2. The summed E-state index contributed by atoms with van der Waals surface area (Å²) in [7, 11) is 1.74. The van der Waals surface area contributed by atoms with Crippen LogP contribution in [0.2, 0.25) is 0 Å². The third-order valence-electron chi connectivity index (χ3n) is 5.15. The maximum absolute atomic E-state index is 13.9. The molecule has 3 rings (SSSR count). The Hall–Kier alpha value is -2.96. The predicted molar refractivity (Wildman–Crippen MR) is 104 cm³/mol. The molecular weight excluding hydrogens is 364 g/mol. The van der Waals surface area contributed by atoms with Crippen molar-refractivity contribution in [3.8, 4) is 11.1 Å². The molecule has 0 aliphatic carbocycles. The molecule has 0 aromatic heterocycles. The standard InChI is InChI=1S/C21H23F2N3O2/c1-14(27)26-11-9-18(10-12-26)25(2)21(28)24-17-6-3-15(4-7-17)19-13-16(22)5-8-20(19)23/h3-8,13,18H,9-12H2,1-2H3,(H,24,28). The molecule has 0 unspecified atom stereocenters. The van der Waals surface area contributed by atoms with E-state index in [0.29, 0.717) is 24.3 Å². The van der Waals surface area contributed by atoms with Gasteiger partial charge >= 0.3 is 6.03 Å². The summed E-state index contributed by atoms with van der Waals surface area (Å²) in [5.74, 6) is -0.957. The van der Waals surface area contributed by atoms with E-state index in [1.807, 2.05) is 0 Å². The number of hydrogen-bond donors (Lipinski definition) is 1. The first-order chi connectivity index (χ1) is 13.3. The van der Waals surface area contributed by atoms with Crippen LogP contribution in [0.3, 0.4) is 0 Å². The second kappa shape index (κ2) is 8.37. The summed E-state index contributed by atoms with van der Waals surface area (Å²) >= 11 is 0. The molecule has 28 heavy (non-hydrogen) atoms. The van der Waals surface area contributed by atoms with Crippen LogP contribution in [0, 0.1) is 11.6 Å². The Labute approximate surface area is 162 Å². The first-order valence-electron chi connectivity index (χ1n) is 9.20. The summed E-state index contributed by atoms with van der Waals surface area (Å²) in [5.41, 5.74) is 1.27. The number of hydrogen-bond acceptors (Lipinski definition) is 2. The lowest BCUT2D eigenvalue weighted by molar-refractivity contribution is -0.130. The molecule has 0 saturated carbocycles. The Kier molecular flexibility index (Phi) is 5.92. The summed E-state index contributed by atoms with van der Waals surface area (Å²) in [6, 6.07) is 9.72. The van der Waals surface area contributed by atoms with Gasteiger partial charge in [-0.1, -0.05) is 12.1 Å². The van der Waals surface area contributed by atoms with E-state index in [4.69, 9.17) is 0 Å². The highest BCUT2D eigenvalue weighted by Crippen LogP contribution is 2.25. The third kappa shape index (κ3) is 4.47. The average molecular weight is 387 g/mol. The van der Waals surface area contributed by atoms with Crippen molar-refractivity contribution in [2.24, 2.45) is 0 Å². The van der Waals surface area contributed by atoms with E-state index in [9.17, 15) is 18.4 Å².